The van der Waals surface area contributed by atoms with E-state index >= 15 is 0 Å². The molecule has 10 heteroatoms. The molecule has 4 aromatic carbocycles. The zero-order valence-corrected chi connectivity index (χ0v) is 24.8. The molecule has 0 fully saturated rings. The van der Waals surface area contributed by atoms with E-state index in [2.05, 4.69) is 28.0 Å². The molecule has 2 unspecified atom stereocenters. The van der Waals surface area contributed by atoms with Gasteiger partial charge in [-0.05, 0) is 72.0 Å². The normalized spacial score (nSPS) is 15.5. The summed E-state index contributed by atoms with van der Waals surface area (Å²) >= 11 is 14.4. The van der Waals surface area contributed by atoms with Gasteiger partial charge in [-0.15, -0.1) is 22.7 Å². The van der Waals surface area contributed by atoms with Crippen LogP contribution in [0, 0.1) is 7.91 Å². The highest BCUT2D eigenvalue weighted by atomic mass is 32.2. The van der Waals surface area contributed by atoms with Gasteiger partial charge in [-0.2, -0.15) is 5.10 Å². The molecule has 2 aromatic heterocycles. The van der Waals surface area contributed by atoms with Crippen molar-refractivity contribution in [1.29, 1.82) is 0 Å². The van der Waals surface area contributed by atoms with Crippen LogP contribution in [0.2, 0.25) is 0 Å². The van der Waals surface area contributed by atoms with Crippen LogP contribution in [0.1, 0.15) is 34.5 Å². The standard InChI is InChI=1S/C31H23N5OS4/c37-29(36-25-11-5-7-13-27(25)41-31(36)39)28(35-24-10-4-6-12-26(24)40-30(35)38)32-21-16-14-20(15-17-21)23-18-22(33-34-23)19-8-2-1-3-9-19/h1-17,22,28,32-33H,18H2. The van der Waals surface area contributed by atoms with E-state index in [1.165, 1.54) is 28.2 Å². The highest BCUT2D eigenvalue weighted by Gasteiger charge is 2.27. The summed E-state index contributed by atoms with van der Waals surface area (Å²) in [6, 6.07) is 34.3. The van der Waals surface area contributed by atoms with Crippen LogP contribution in [-0.2, 0) is 0 Å². The molecule has 1 aliphatic heterocycles. The van der Waals surface area contributed by atoms with Crippen LogP contribution in [0.15, 0.2) is 108 Å². The second-order valence-corrected chi connectivity index (χ2v) is 13.0. The Balaban J connectivity index is 1.23. The number of carbonyl (C=O) groups is 1. The smallest absolute Gasteiger partial charge is 0.276 e. The van der Waals surface area contributed by atoms with Crippen LogP contribution in [0.5, 0.6) is 0 Å². The fourth-order valence-corrected chi connectivity index (χ4v) is 7.90. The minimum absolute atomic E-state index is 0.157. The predicted octanol–water partition coefficient (Wildman–Crippen LogP) is 8.57. The van der Waals surface area contributed by atoms with Crippen molar-refractivity contribution in [1.82, 2.24) is 14.6 Å². The molecular weight excluding hydrogens is 587 g/mol. The highest BCUT2D eigenvalue weighted by molar-refractivity contribution is 7.74. The molecule has 7 rings (SSSR count). The number of benzene rings is 4. The van der Waals surface area contributed by atoms with Gasteiger partial charge in [-0.1, -0.05) is 66.7 Å². The molecule has 6 aromatic rings. The molecule has 2 atom stereocenters. The Morgan fingerprint density at radius 1 is 0.829 bits per heavy atom. The lowest BCUT2D eigenvalue weighted by atomic mass is 9.99. The summed E-state index contributed by atoms with van der Waals surface area (Å²) in [5, 5.41) is 8.09. The van der Waals surface area contributed by atoms with E-state index in [4.69, 9.17) is 24.4 Å². The quantitative estimate of drug-likeness (QED) is 0.185. The van der Waals surface area contributed by atoms with Gasteiger partial charge < -0.3 is 10.7 Å². The van der Waals surface area contributed by atoms with Crippen LogP contribution in [-0.4, -0.2) is 20.8 Å². The van der Waals surface area contributed by atoms with Crippen LogP contribution >= 0.6 is 47.1 Å². The van der Waals surface area contributed by atoms with Crippen molar-refractivity contribution in [2.45, 2.75) is 18.6 Å². The minimum atomic E-state index is -0.804. The van der Waals surface area contributed by atoms with E-state index in [0.29, 0.717) is 7.91 Å². The third-order valence-electron chi connectivity index (χ3n) is 7.19. The maximum Gasteiger partial charge on any atom is 0.276 e. The van der Waals surface area contributed by atoms with Gasteiger partial charge in [0, 0.05) is 12.1 Å². The summed E-state index contributed by atoms with van der Waals surface area (Å²) in [5.74, 6) is -0.189. The summed E-state index contributed by atoms with van der Waals surface area (Å²) in [6.07, 6.45) is -0.000549. The highest BCUT2D eigenvalue weighted by Crippen LogP contribution is 2.31. The molecule has 3 heterocycles. The van der Waals surface area contributed by atoms with Gasteiger partial charge in [0.1, 0.15) is 0 Å². The van der Waals surface area contributed by atoms with Gasteiger partial charge >= 0.3 is 0 Å². The maximum atomic E-state index is 14.3. The minimum Gasteiger partial charge on any atom is -0.357 e. The first kappa shape index (κ1) is 26.0. The SMILES string of the molecule is O=C(C(Nc1ccc(C2=NNC(c3ccccc3)C2)cc1)n1c(=S)sc2ccccc21)n1c(=S)sc2ccccc21. The van der Waals surface area contributed by atoms with Crippen LogP contribution in [0.3, 0.4) is 0 Å². The largest absolute Gasteiger partial charge is 0.357 e. The number of carbonyl (C=O) groups excluding carboxylic acids is 1. The van der Waals surface area contributed by atoms with E-state index < -0.39 is 6.17 Å². The Morgan fingerprint density at radius 3 is 2.22 bits per heavy atom. The van der Waals surface area contributed by atoms with Crippen molar-refractivity contribution in [3.8, 4) is 0 Å². The zero-order chi connectivity index (χ0) is 27.9. The predicted molar refractivity (Wildman–Crippen MR) is 174 cm³/mol. The monoisotopic (exact) mass is 609 g/mol. The van der Waals surface area contributed by atoms with Gasteiger partial charge in [-0.3, -0.25) is 13.9 Å². The Hall–Kier alpha value is -3.96. The number of anilines is 1. The average molecular weight is 610 g/mol. The molecule has 41 heavy (non-hydrogen) atoms. The average Bonchev–Trinajstić information content (AvgIpc) is 3.71. The van der Waals surface area contributed by atoms with Gasteiger partial charge in [0.25, 0.3) is 5.91 Å². The number of nitrogens with one attached hydrogen (secondary N) is 2. The number of thiazole rings is 2. The zero-order valence-electron chi connectivity index (χ0n) is 21.6. The number of para-hydroxylation sites is 2. The molecule has 0 aliphatic carbocycles. The summed E-state index contributed by atoms with van der Waals surface area (Å²) in [5.41, 5.74) is 8.99. The van der Waals surface area contributed by atoms with Crippen molar-refractivity contribution in [3.63, 3.8) is 0 Å². The molecule has 0 amide bonds. The van der Waals surface area contributed by atoms with Crippen molar-refractivity contribution in [2.24, 2.45) is 5.10 Å². The molecule has 202 valence electrons. The molecular formula is C31H23N5OS4. The van der Waals surface area contributed by atoms with E-state index in [-0.39, 0.29) is 11.9 Å². The van der Waals surface area contributed by atoms with Crippen LogP contribution in [0.4, 0.5) is 5.69 Å². The first-order valence-corrected chi connectivity index (χ1v) is 15.5. The molecule has 1 aliphatic rings. The lowest BCUT2D eigenvalue weighted by Gasteiger charge is -2.22. The number of hydrogen-bond acceptors (Lipinski definition) is 8. The topological polar surface area (TPSA) is 63.4 Å². The first-order chi connectivity index (χ1) is 20.1. The number of fused-ring (bicyclic) bond motifs is 2. The first-order valence-electron chi connectivity index (χ1n) is 13.1. The summed E-state index contributed by atoms with van der Waals surface area (Å²) in [7, 11) is 0. The van der Waals surface area contributed by atoms with Crippen LogP contribution < -0.4 is 10.7 Å². The number of nitrogens with zero attached hydrogens (tertiary/aromatic N) is 3. The van der Waals surface area contributed by atoms with E-state index in [0.717, 1.165) is 43.8 Å². The van der Waals surface area contributed by atoms with Gasteiger partial charge in [-0.25, -0.2) is 0 Å². The third kappa shape index (κ3) is 4.82. The lowest BCUT2D eigenvalue weighted by molar-refractivity contribution is 0.0862. The molecule has 0 radical (unpaired) electrons. The van der Waals surface area contributed by atoms with Crippen molar-refractivity contribution in [3.05, 3.63) is 122 Å². The molecule has 2 N–H and O–H groups in total. The second kappa shape index (κ2) is 10.8. The van der Waals surface area contributed by atoms with E-state index in [1.54, 1.807) is 4.57 Å². The third-order valence-corrected chi connectivity index (χ3v) is 9.93. The fourth-order valence-electron chi connectivity index (χ4n) is 5.18. The summed E-state index contributed by atoms with van der Waals surface area (Å²) in [4.78, 5) is 14.3. The summed E-state index contributed by atoms with van der Waals surface area (Å²) < 4.78 is 6.62. The van der Waals surface area contributed by atoms with E-state index in [1.807, 2.05) is 95.6 Å². The Kier molecular flexibility index (Phi) is 6.83. The Morgan fingerprint density at radius 2 is 1.46 bits per heavy atom. The van der Waals surface area contributed by atoms with Crippen molar-refractivity contribution in [2.75, 3.05) is 5.32 Å². The Labute approximate surface area is 254 Å². The summed E-state index contributed by atoms with van der Waals surface area (Å²) in [6.45, 7) is 0. The van der Waals surface area contributed by atoms with E-state index in [9.17, 15) is 4.79 Å². The van der Waals surface area contributed by atoms with Crippen molar-refractivity contribution < 1.29 is 4.79 Å². The van der Waals surface area contributed by atoms with Crippen LogP contribution in [0.25, 0.3) is 20.4 Å². The molecule has 0 bridgehead atoms. The second-order valence-electron chi connectivity index (χ2n) is 9.69. The van der Waals surface area contributed by atoms with Gasteiger partial charge in [0.15, 0.2) is 14.1 Å². The van der Waals surface area contributed by atoms with Crippen molar-refractivity contribution >= 4 is 84.8 Å². The molecule has 0 saturated carbocycles. The fraction of sp³-hybridized carbons (Fsp3) is 0.0968. The molecule has 0 spiro atoms. The van der Waals surface area contributed by atoms with Gasteiger partial charge in [0.05, 0.1) is 32.2 Å². The number of hydrogen-bond donors (Lipinski definition) is 2. The Bertz CT molecular complexity index is 2050. The number of aromatic nitrogens is 2. The molecule has 6 nitrogen and oxygen atoms in total. The number of hydrazone groups is 1. The maximum absolute atomic E-state index is 14.3. The molecule has 0 saturated heterocycles. The number of rotatable bonds is 6. The van der Waals surface area contributed by atoms with Gasteiger partial charge in [0.2, 0.25) is 0 Å². The lowest BCUT2D eigenvalue weighted by Crippen LogP contribution is -2.31.